The molecule has 0 spiro atoms. The molecule has 2 heterocycles. The molecule has 0 bridgehead atoms. The van der Waals surface area contributed by atoms with Crippen LogP contribution in [0.15, 0.2) is 24.3 Å². The van der Waals surface area contributed by atoms with Gasteiger partial charge in [-0.2, -0.15) is 0 Å². The lowest BCUT2D eigenvalue weighted by molar-refractivity contribution is -0.159. The highest BCUT2D eigenvalue weighted by molar-refractivity contribution is 6.23. The number of hydrazine groups is 1. The molecule has 3 atom stereocenters. The number of fused-ring (bicyclic) bond motifs is 1. The Kier molecular flexibility index (Phi) is 5.64. The summed E-state index contributed by atoms with van der Waals surface area (Å²) in [5, 5.41) is 19.6. The van der Waals surface area contributed by atoms with Gasteiger partial charge in [-0.25, -0.2) is 10.2 Å². The molecule has 1 saturated heterocycles. The van der Waals surface area contributed by atoms with E-state index in [0.29, 0.717) is 13.0 Å². The van der Waals surface area contributed by atoms with Gasteiger partial charge >= 0.3 is 11.9 Å². The number of nitrogens with one attached hydrogen (secondary N) is 1. The normalized spacial score (nSPS) is 20.9. The van der Waals surface area contributed by atoms with Crippen LogP contribution in [0.4, 0.5) is 0 Å². The fraction of sp³-hybridized carbons (Fsp3) is 0.421. The Hall–Kier alpha value is -3.27. The fourth-order valence-electron chi connectivity index (χ4n) is 3.80. The van der Waals surface area contributed by atoms with Gasteiger partial charge in [0, 0.05) is 6.54 Å². The molecule has 1 aromatic rings. The van der Waals surface area contributed by atoms with Gasteiger partial charge in [0.1, 0.15) is 12.1 Å². The molecular weight excluding hydrogens is 382 g/mol. The molecule has 1 aromatic carbocycles. The molecule has 10 heteroatoms. The van der Waals surface area contributed by atoms with Crippen molar-refractivity contribution in [2.24, 2.45) is 5.92 Å². The Bertz CT molecular complexity index is 849. The van der Waals surface area contributed by atoms with Crippen molar-refractivity contribution in [3.63, 3.8) is 0 Å². The van der Waals surface area contributed by atoms with Crippen molar-refractivity contribution >= 4 is 29.7 Å². The van der Waals surface area contributed by atoms with Gasteiger partial charge in [0.25, 0.3) is 17.7 Å². The topological polar surface area (TPSA) is 144 Å². The van der Waals surface area contributed by atoms with Crippen molar-refractivity contribution < 1.29 is 34.2 Å². The van der Waals surface area contributed by atoms with Gasteiger partial charge in [-0.05, 0) is 30.9 Å². The summed E-state index contributed by atoms with van der Waals surface area (Å²) >= 11 is 0. The molecule has 0 aliphatic carbocycles. The quantitative estimate of drug-likeness (QED) is 0.577. The number of carboxylic acid groups (broad SMARTS) is 2. The molecule has 3 rings (SSSR count). The average Bonchev–Trinajstić information content (AvgIpc) is 2.93. The van der Waals surface area contributed by atoms with Gasteiger partial charge in [-0.15, -0.1) is 0 Å². The zero-order valence-corrected chi connectivity index (χ0v) is 15.7. The van der Waals surface area contributed by atoms with E-state index in [1.165, 1.54) is 19.1 Å². The summed E-state index contributed by atoms with van der Waals surface area (Å²) in [6.45, 7) is 1.79. The smallest absolute Gasteiger partial charge is 0.328 e. The van der Waals surface area contributed by atoms with Crippen LogP contribution in [0, 0.1) is 5.92 Å². The molecule has 2 aliphatic heterocycles. The molecule has 0 saturated carbocycles. The Balaban J connectivity index is 2.00. The van der Waals surface area contributed by atoms with E-state index in [1.807, 2.05) is 0 Å². The zero-order valence-electron chi connectivity index (χ0n) is 15.7. The van der Waals surface area contributed by atoms with E-state index >= 15 is 0 Å². The van der Waals surface area contributed by atoms with Gasteiger partial charge in [-0.1, -0.05) is 19.1 Å². The SMILES string of the molecule is CC(CC(=O)O)C(C(=O)N1NCCC[C@H]1C(=O)O)N1C(=O)c2ccccc2C1=O. The zero-order chi connectivity index (χ0) is 21.3. The summed E-state index contributed by atoms with van der Waals surface area (Å²) < 4.78 is 0. The van der Waals surface area contributed by atoms with Crippen LogP contribution in [0.5, 0.6) is 0 Å². The number of hydrogen-bond donors (Lipinski definition) is 3. The number of hydrogen-bond acceptors (Lipinski definition) is 6. The van der Waals surface area contributed by atoms with Gasteiger partial charge in [-0.3, -0.25) is 29.1 Å². The van der Waals surface area contributed by atoms with Crippen molar-refractivity contribution in [3.8, 4) is 0 Å². The van der Waals surface area contributed by atoms with E-state index in [-0.39, 0.29) is 17.5 Å². The summed E-state index contributed by atoms with van der Waals surface area (Å²) in [6, 6.07) is 3.45. The summed E-state index contributed by atoms with van der Waals surface area (Å²) in [7, 11) is 0. The van der Waals surface area contributed by atoms with Crippen LogP contribution in [0.1, 0.15) is 46.9 Å². The average molecular weight is 403 g/mol. The molecule has 3 amide bonds. The largest absolute Gasteiger partial charge is 0.481 e. The summed E-state index contributed by atoms with van der Waals surface area (Å²) in [6.07, 6.45) is 0.259. The first-order valence-corrected chi connectivity index (χ1v) is 9.22. The first-order valence-electron chi connectivity index (χ1n) is 9.22. The van der Waals surface area contributed by atoms with Crippen molar-refractivity contribution in [2.45, 2.75) is 38.3 Å². The first-order chi connectivity index (χ1) is 13.7. The number of imide groups is 1. The maximum atomic E-state index is 13.3. The van der Waals surface area contributed by atoms with E-state index in [1.54, 1.807) is 12.1 Å². The van der Waals surface area contributed by atoms with E-state index < -0.39 is 54.1 Å². The number of nitrogens with zero attached hydrogens (tertiary/aromatic N) is 2. The minimum atomic E-state index is -1.45. The maximum absolute atomic E-state index is 13.3. The van der Waals surface area contributed by atoms with Gasteiger partial charge in [0.15, 0.2) is 0 Å². The predicted octanol–water partition coefficient (Wildman–Crippen LogP) is 0.342. The third-order valence-electron chi connectivity index (χ3n) is 5.16. The Morgan fingerprint density at radius 3 is 2.24 bits per heavy atom. The molecule has 29 heavy (non-hydrogen) atoms. The Labute approximate surface area is 166 Å². The highest BCUT2D eigenvalue weighted by atomic mass is 16.4. The monoisotopic (exact) mass is 403 g/mol. The van der Waals surface area contributed by atoms with E-state index in [9.17, 15) is 34.2 Å². The van der Waals surface area contributed by atoms with E-state index in [0.717, 1.165) is 9.91 Å². The third kappa shape index (κ3) is 3.70. The van der Waals surface area contributed by atoms with Crippen LogP contribution in [-0.2, 0) is 14.4 Å². The molecular formula is C19H21N3O7. The molecule has 154 valence electrons. The van der Waals surface area contributed by atoms with Crippen molar-refractivity contribution in [3.05, 3.63) is 35.4 Å². The van der Waals surface area contributed by atoms with Crippen LogP contribution in [-0.4, -0.2) is 68.4 Å². The lowest BCUT2D eigenvalue weighted by atomic mass is 9.94. The van der Waals surface area contributed by atoms with Crippen molar-refractivity contribution in [2.75, 3.05) is 6.54 Å². The van der Waals surface area contributed by atoms with Gasteiger partial charge in [0.2, 0.25) is 0 Å². The predicted molar refractivity (Wildman–Crippen MR) is 97.7 cm³/mol. The standard InChI is InChI=1S/C19H21N3O7/c1-10(9-14(23)24)15(18(27)22-13(19(28)29)7-4-8-20-22)21-16(25)11-5-2-3-6-12(11)17(21)26/h2-3,5-6,10,13,15,20H,4,7-9H2,1H3,(H,23,24)(H,28,29)/t10?,13-,15?/m0/s1. The number of carboxylic acids is 2. The summed E-state index contributed by atoms with van der Waals surface area (Å²) in [5.74, 6) is -5.58. The lowest BCUT2D eigenvalue weighted by Crippen LogP contribution is -2.63. The highest BCUT2D eigenvalue weighted by Crippen LogP contribution is 2.30. The number of benzene rings is 1. The van der Waals surface area contributed by atoms with Gasteiger partial charge in [0.05, 0.1) is 17.5 Å². The molecule has 1 fully saturated rings. The van der Waals surface area contributed by atoms with E-state index in [2.05, 4.69) is 5.43 Å². The van der Waals surface area contributed by atoms with Crippen molar-refractivity contribution in [1.82, 2.24) is 15.3 Å². The first kappa shape index (κ1) is 20.5. The van der Waals surface area contributed by atoms with Crippen molar-refractivity contribution in [1.29, 1.82) is 0 Å². The number of rotatable bonds is 6. The molecule has 2 aliphatic rings. The number of amides is 3. The minimum Gasteiger partial charge on any atom is -0.481 e. The lowest BCUT2D eigenvalue weighted by Gasteiger charge is -2.39. The van der Waals surface area contributed by atoms with E-state index in [4.69, 9.17) is 0 Å². The number of carbonyl (C=O) groups is 5. The third-order valence-corrected chi connectivity index (χ3v) is 5.16. The molecule has 0 radical (unpaired) electrons. The Morgan fingerprint density at radius 1 is 1.14 bits per heavy atom. The second-order valence-corrected chi connectivity index (χ2v) is 7.16. The highest BCUT2D eigenvalue weighted by Gasteiger charge is 2.48. The molecule has 10 nitrogen and oxygen atoms in total. The minimum absolute atomic E-state index is 0.124. The maximum Gasteiger partial charge on any atom is 0.328 e. The van der Waals surface area contributed by atoms with Crippen LogP contribution in [0.2, 0.25) is 0 Å². The fourth-order valence-corrected chi connectivity index (χ4v) is 3.80. The second-order valence-electron chi connectivity index (χ2n) is 7.16. The Morgan fingerprint density at radius 2 is 1.72 bits per heavy atom. The number of carbonyl (C=O) groups excluding carboxylic acids is 3. The number of aliphatic carboxylic acids is 2. The van der Waals surface area contributed by atoms with Crippen LogP contribution in [0.3, 0.4) is 0 Å². The second kappa shape index (κ2) is 8.00. The molecule has 3 N–H and O–H groups in total. The van der Waals surface area contributed by atoms with Crippen LogP contribution >= 0.6 is 0 Å². The summed E-state index contributed by atoms with van der Waals surface area (Å²) in [5.41, 5.74) is 2.97. The van der Waals surface area contributed by atoms with Gasteiger partial charge < -0.3 is 10.2 Å². The van der Waals surface area contributed by atoms with Crippen LogP contribution in [0.25, 0.3) is 0 Å². The summed E-state index contributed by atoms with van der Waals surface area (Å²) in [4.78, 5) is 62.7. The molecule has 0 aromatic heterocycles. The van der Waals surface area contributed by atoms with Crippen LogP contribution < -0.4 is 5.43 Å². The molecule has 2 unspecified atom stereocenters.